The molecule has 2 aromatic carbocycles. The van der Waals surface area contributed by atoms with Gasteiger partial charge in [0.1, 0.15) is 6.61 Å². The zero-order valence-corrected chi connectivity index (χ0v) is 17.6. The van der Waals surface area contributed by atoms with Crippen molar-refractivity contribution in [3.8, 4) is 11.5 Å². The predicted octanol–water partition coefficient (Wildman–Crippen LogP) is 1.82. The number of ether oxygens (including phenoxy) is 3. The number of rotatable bonds is 5. The second-order valence-electron chi connectivity index (χ2n) is 6.88. The Morgan fingerprint density at radius 3 is 2.67 bits per heavy atom. The number of carbonyl (C=O) groups is 1. The van der Waals surface area contributed by atoms with E-state index in [0.717, 1.165) is 0 Å². The standard InChI is InChI=1S/C20H21ClN2O6S/c21-16-4-2-1-3-14(16)12-22-30(25,26)15-5-6-17-18(11-15)28-13-19(29-17)20(24)23-7-9-27-10-8-23/h1-6,11,19,22H,7-10,12-13H2. The van der Waals surface area contributed by atoms with Gasteiger partial charge in [-0.05, 0) is 23.8 Å². The first-order valence-electron chi connectivity index (χ1n) is 9.47. The summed E-state index contributed by atoms with van der Waals surface area (Å²) in [6.45, 7) is 2.10. The zero-order valence-electron chi connectivity index (χ0n) is 16.0. The van der Waals surface area contributed by atoms with Crippen molar-refractivity contribution in [1.82, 2.24) is 9.62 Å². The molecule has 0 aromatic heterocycles. The van der Waals surface area contributed by atoms with Gasteiger partial charge in [0, 0.05) is 30.7 Å². The smallest absolute Gasteiger partial charge is 0.267 e. The molecule has 0 saturated carbocycles. The van der Waals surface area contributed by atoms with E-state index in [1.807, 2.05) is 0 Å². The minimum Gasteiger partial charge on any atom is -0.485 e. The minimum absolute atomic E-state index is 0.0136. The number of hydrogen-bond donors (Lipinski definition) is 1. The first-order valence-corrected chi connectivity index (χ1v) is 11.3. The topological polar surface area (TPSA) is 94.2 Å². The Hall–Kier alpha value is -2.33. The molecule has 1 N–H and O–H groups in total. The minimum atomic E-state index is -3.79. The van der Waals surface area contributed by atoms with Crippen LogP contribution >= 0.6 is 11.6 Å². The fourth-order valence-electron chi connectivity index (χ4n) is 3.23. The maximum absolute atomic E-state index is 12.7. The molecular weight excluding hydrogens is 432 g/mol. The van der Waals surface area contributed by atoms with E-state index in [1.165, 1.54) is 18.2 Å². The third-order valence-electron chi connectivity index (χ3n) is 4.89. The average molecular weight is 453 g/mol. The van der Waals surface area contributed by atoms with Crippen molar-refractivity contribution < 1.29 is 27.4 Å². The van der Waals surface area contributed by atoms with E-state index in [0.29, 0.717) is 42.6 Å². The van der Waals surface area contributed by atoms with E-state index >= 15 is 0 Å². The molecule has 0 aliphatic carbocycles. The Morgan fingerprint density at radius 1 is 1.13 bits per heavy atom. The highest BCUT2D eigenvalue weighted by Crippen LogP contribution is 2.34. The largest absolute Gasteiger partial charge is 0.485 e. The van der Waals surface area contributed by atoms with Crippen molar-refractivity contribution >= 4 is 27.5 Å². The number of hydrogen-bond acceptors (Lipinski definition) is 6. The van der Waals surface area contributed by atoms with Crippen LogP contribution in [0.5, 0.6) is 11.5 Å². The zero-order chi connectivity index (χ0) is 21.1. The van der Waals surface area contributed by atoms with Crippen LogP contribution in [0.3, 0.4) is 0 Å². The van der Waals surface area contributed by atoms with Gasteiger partial charge in [-0.25, -0.2) is 13.1 Å². The molecule has 2 heterocycles. The van der Waals surface area contributed by atoms with Crippen molar-refractivity contribution in [3.05, 3.63) is 53.1 Å². The number of halogens is 1. The second-order valence-corrected chi connectivity index (χ2v) is 9.05. The van der Waals surface area contributed by atoms with Crippen LogP contribution < -0.4 is 14.2 Å². The molecule has 1 fully saturated rings. The molecule has 8 nitrogen and oxygen atoms in total. The summed E-state index contributed by atoms with van der Waals surface area (Å²) in [7, 11) is -3.79. The highest BCUT2D eigenvalue weighted by atomic mass is 35.5. The number of sulfonamides is 1. The third kappa shape index (κ3) is 4.54. The highest BCUT2D eigenvalue weighted by molar-refractivity contribution is 7.89. The summed E-state index contributed by atoms with van der Waals surface area (Å²) in [4.78, 5) is 14.3. The van der Waals surface area contributed by atoms with Crippen molar-refractivity contribution in [2.75, 3.05) is 32.9 Å². The van der Waals surface area contributed by atoms with Crippen molar-refractivity contribution in [3.63, 3.8) is 0 Å². The van der Waals surface area contributed by atoms with Crippen molar-refractivity contribution in [2.45, 2.75) is 17.5 Å². The van der Waals surface area contributed by atoms with E-state index in [-0.39, 0.29) is 29.7 Å². The molecule has 1 unspecified atom stereocenters. The number of morpholine rings is 1. The number of nitrogens with zero attached hydrogens (tertiary/aromatic N) is 1. The van der Waals surface area contributed by atoms with Gasteiger partial charge < -0.3 is 19.1 Å². The number of benzene rings is 2. The van der Waals surface area contributed by atoms with E-state index in [4.69, 9.17) is 25.8 Å². The van der Waals surface area contributed by atoms with Crippen LogP contribution in [0.1, 0.15) is 5.56 Å². The Labute approximate surface area is 179 Å². The lowest BCUT2D eigenvalue weighted by Gasteiger charge is -2.32. The van der Waals surface area contributed by atoms with Crippen LogP contribution in [-0.4, -0.2) is 58.2 Å². The van der Waals surface area contributed by atoms with Crippen LogP contribution in [0.2, 0.25) is 5.02 Å². The van der Waals surface area contributed by atoms with Gasteiger partial charge in [0.25, 0.3) is 5.91 Å². The van der Waals surface area contributed by atoms with Gasteiger partial charge in [-0.15, -0.1) is 0 Å². The normalized spacial score (nSPS) is 18.8. The maximum atomic E-state index is 12.7. The summed E-state index contributed by atoms with van der Waals surface area (Å²) in [6, 6.07) is 11.3. The van der Waals surface area contributed by atoms with Crippen molar-refractivity contribution in [1.29, 1.82) is 0 Å². The first kappa shape index (κ1) is 20.9. The lowest BCUT2D eigenvalue weighted by molar-refractivity contribution is -0.145. The Bertz CT molecular complexity index is 1040. The van der Waals surface area contributed by atoms with Crippen molar-refractivity contribution in [2.24, 2.45) is 0 Å². The van der Waals surface area contributed by atoms with E-state index in [1.54, 1.807) is 29.2 Å². The number of amides is 1. The summed E-state index contributed by atoms with van der Waals surface area (Å²) in [5.74, 6) is 0.446. The molecule has 0 radical (unpaired) electrons. The van der Waals surface area contributed by atoms with Crippen LogP contribution in [0, 0.1) is 0 Å². The molecule has 0 bridgehead atoms. The fraction of sp³-hybridized carbons (Fsp3) is 0.350. The molecule has 30 heavy (non-hydrogen) atoms. The molecule has 1 amide bonds. The molecule has 2 aromatic rings. The van der Waals surface area contributed by atoms with Gasteiger partial charge in [0.15, 0.2) is 11.5 Å². The fourth-order valence-corrected chi connectivity index (χ4v) is 4.45. The molecule has 1 atom stereocenters. The van der Waals surface area contributed by atoms with Crippen LogP contribution in [0.4, 0.5) is 0 Å². The lowest BCUT2D eigenvalue weighted by atomic mass is 10.2. The molecule has 2 aliphatic heterocycles. The molecule has 10 heteroatoms. The van der Waals surface area contributed by atoms with Gasteiger partial charge in [-0.3, -0.25) is 4.79 Å². The third-order valence-corrected chi connectivity index (χ3v) is 6.66. The molecular formula is C20H21ClN2O6S. The summed E-state index contributed by atoms with van der Waals surface area (Å²) >= 11 is 6.08. The number of nitrogens with one attached hydrogen (secondary N) is 1. The van der Waals surface area contributed by atoms with E-state index in [2.05, 4.69) is 4.72 Å². The second kappa shape index (κ2) is 8.81. The predicted molar refractivity (Wildman–Crippen MR) is 109 cm³/mol. The van der Waals surface area contributed by atoms with E-state index < -0.39 is 16.1 Å². The summed E-state index contributed by atoms with van der Waals surface area (Å²) in [5, 5.41) is 0.485. The van der Waals surface area contributed by atoms with Crippen LogP contribution in [0.25, 0.3) is 0 Å². The summed E-state index contributed by atoms with van der Waals surface area (Å²) in [5.41, 5.74) is 0.671. The Morgan fingerprint density at radius 2 is 1.90 bits per heavy atom. The van der Waals surface area contributed by atoms with E-state index in [9.17, 15) is 13.2 Å². The number of fused-ring (bicyclic) bond motifs is 1. The number of carbonyl (C=O) groups excluding carboxylic acids is 1. The maximum Gasteiger partial charge on any atom is 0.267 e. The Balaban J connectivity index is 1.44. The molecule has 2 aliphatic rings. The Kier molecular flexibility index (Phi) is 6.14. The monoisotopic (exact) mass is 452 g/mol. The van der Waals surface area contributed by atoms with Gasteiger partial charge in [0.2, 0.25) is 16.1 Å². The summed E-state index contributed by atoms with van der Waals surface area (Å²) in [6.07, 6.45) is -0.767. The highest BCUT2D eigenvalue weighted by Gasteiger charge is 2.32. The lowest BCUT2D eigenvalue weighted by Crippen LogP contribution is -2.50. The first-order chi connectivity index (χ1) is 14.4. The van der Waals surface area contributed by atoms with Crippen LogP contribution in [0.15, 0.2) is 47.4 Å². The van der Waals surface area contributed by atoms with Gasteiger partial charge in [0.05, 0.1) is 18.1 Å². The average Bonchev–Trinajstić information content (AvgIpc) is 2.78. The molecule has 1 saturated heterocycles. The van der Waals surface area contributed by atoms with Gasteiger partial charge >= 0.3 is 0 Å². The molecule has 0 spiro atoms. The molecule has 4 rings (SSSR count). The van der Waals surface area contributed by atoms with Gasteiger partial charge in [-0.2, -0.15) is 0 Å². The quantitative estimate of drug-likeness (QED) is 0.743. The SMILES string of the molecule is O=C(C1COc2cc(S(=O)(=O)NCc3ccccc3Cl)ccc2O1)N1CCOCC1. The van der Waals surface area contributed by atoms with Crippen LogP contribution in [-0.2, 0) is 26.1 Å². The van der Waals surface area contributed by atoms with Gasteiger partial charge in [-0.1, -0.05) is 29.8 Å². The molecule has 160 valence electrons. The summed E-state index contributed by atoms with van der Waals surface area (Å²) < 4.78 is 44.5.